The third kappa shape index (κ3) is 6.78. The summed E-state index contributed by atoms with van der Waals surface area (Å²) in [5.41, 5.74) is 4.27. The Labute approximate surface area is 257 Å². The van der Waals surface area contributed by atoms with Gasteiger partial charge in [-0.1, -0.05) is 44.2 Å². The number of nitrogens with one attached hydrogen (secondary N) is 3. The summed E-state index contributed by atoms with van der Waals surface area (Å²) < 4.78 is 5.93. The molecule has 3 aliphatic rings. The lowest BCUT2D eigenvalue weighted by atomic mass is 9.72. The molecule has 2 aromatic rings. The summed E-state index contributed by atoms with van der Waals surface area (Å²) in [7, 11) is 0. The van der Waals surface area contributed by atoms with Crippen molar-refractivity contribution >= 4 is 40.7 Å². The number of amides is 3. The van der Waals surface area contributed by atoms with Crippen LogP contribution in [0.3, 0.4) is 0 Å². The Balaban J connectivity index is 1.53. The molecule has 236 valence electrons. The van der Waals surface area contributed by atoms with Crippen molar-refractivity contribution in [3.63, 3.8) is 0 Å². The van der Waals surface area contributed by atoms with Gasteiger partial charge in [-0.15, -0.1) is 0 Å². The summed E-state index contributed by atoms with van der Waals surface area (Å²) in [6.45, 7) is 7.39. The van der Waals surface area contributed by atoms with Gasteiger partial charge >= 0.3 is 5.97 Å². The molecule has 0 radical (unpaired) electrons. The van der Waals surface area contributed by atoms with E-state index in [-0.39, 0.29) is 17.9 Å². The summed E-state index contributed by atoms with van der Waals surface area (Å²) in [5, 5.41) is 18.3. The van der Waals surface area contributed by atoms with Crippen LogP contribution in [0.15, 0.2) is 36.4 Å². The molecule has 1 saturated heterocycles. The number of carbonyl (C=O) groups excluding carboxylic acids is 4. The molecule has 2 aliphatic heterocycles. The minimum Gasteiger partial charge on any atom is -0.451 e. The second-order valence-electron chi connectivity index (χ2n) is 12.8. The van der Waals surface area contributed by atoms with Crippen LogP contribution < -0.4 is 16.1 Å². The van der Waals surface area contributed by atoms with Crippen LogP contribution in [0, 0.1) is 11.3 Å². The zero-order valence-corrected chi connectivity index (χ0v) is 25.8. The van der Waals surface area contributed by atoms with Crippen molar-refractivity contribution in [3.8, 4) is 0 Å². The van der Waals surface area contributed by atoms with E-state index < -0.39 is 47.5 Å². The average molecular weight is 606 g/mol. The van der Waals surface area contributed by atoms with E-state index in [2.05, 4.69) is 16.1 Å². The Bertz CT molecular complexity index is 1450. The number of esters is 1. The number of aliphatic hydroxyl groups excluding tert-OH is 1. The number of hydrazine groups is 1. The summed E-state index contributed by atoms with van der Waals surface area (Å²) in [6, 6.07) is 7.74. The number of hydrogen-bond acceptors (Lipinski definition) is 8. The number of rotatable bonds is 1. The van der Waals surface area contributed by atoms with Crippen LogP contribution in [0.2, 0.25) is 0 Å². The van der Waals surface area contributed by atoms with E-state index in [1.54, 1.807) is 20.8 Å². The van der Waals surface area contributed by atoms with Crippen molar-refractivity contribution < 1.29 is 29.0 Å². The number of pyridine rings is 1. The Morgan fingerprint density at radius 1 is 0.977 bits per heavy atom. The van der Waals surface area contributed by atoms with Crippen LogP contribution in [0.5, 0.6) is 0 Å². The lowest BCUT2D eigenvalue weighted by Gasteiger charge is -2.36. The van der Waals surface area contributed by atoms with E-state index in [4.69, 9.17) is 9.72 Å². The fourth-order valence-electron chi connectivity index (χ4n) is 6.15. The van der Waals surface area contributed by atoms with Crippen LogP contribution >= 0.6 is 0 Å². The van der Waals surface area contributed by atoms with Crippen LogP contribution in [-0.4, -0.2) is 69.6 Å². The van der Waals surface area contributed by atoms with Crippen molar-refractivity contribution in [1.29, 1.82) is 0 Å². The molecule has 1 saturated carbocycles. The molecular weight excluding hydrogens is 562 g/mol. The van der Waals surface area contributed by atoms with Gasteiger partial charge in [-0.3, -0.25) is 29.2 Å². The first-order chi connectivity index (χ1) is 21.0. The fourth-order valence-corrected chi connectivity index (χ4v) is 6.15. The molecule has 44 heavy (non-hydrogen) atoms. The van der Waals surface area contributed by atoms with Crippen molar-refractivity contribution in [1.82, 2.24) is 26.1 Å². The Kier molecular flexibility index (Phi) is 9.36. The van der Waals surface area contributed by atoms with Gasteiger partial charge in [-0.05, 0) is 76.0 Å². The van der Waals surface area contributed by atoms with E-state index in [1.165, 1.54) is 5.01 Å². The summed E-state index contributed by atoms with van der Waals surface area (Å²) in [6.07, 6.45) is 4.84. The minimum absolute atomic E-state index is 0.245. The van der Waals surface area contributed by atoms with E-state index in [0.29, 0.717) is 50.8 Å². The van der Waals surface area contributed by atoms with Gasteiger partial charge in [0.1, 0.15) is 12.1 Å². The number of cyclic esters (lactones) is 1. The zero-order chi connectivity index (χ0) is 31.6. The van der Waals surface area contributed by atoms with Gasteiger partial charge in [0.2, 0.25) is 5.91 Å². The number of fused-ring (bicyclic) bond motifs is 4. The van der Waals surface area contributed by atoms with Crippen LogP contribution in [0.4, 0.5) is 0 Å². The molecule has 1 aliphatic carbocycles. The Morgan fingerprint density at radius 2 is 1.68 bits per heavy atom. The molecule has 5 bridgehead atoms. The van der Waals surface area contributed by atoms with Crippen LogP contribution in [0.25, 0.3) is 17.0 Å². The molecule has 4 N–H and O–H groups in total. The van der Waals surface area contributed by atoms with Crippen molar-refractivity contribution in [2.45, 2.75) is 96.6 Å². The molecule has 11 nitrogen and oxygen atoms in total. The fraction of sp³-hybridized carbons (Fsp3) is 0.545. The molecule has 3 amide bonds. The van der Waals surface area contributed by atoms with Gasteiger partial charge < -0.3 is 20.5 Å². The molecule has 1 aromatic carbocycles. The standard InChI is InChI=1S/C33H43N5O6/c1-19(2)28-30(41)35-21(4)31(42)38-17-5-6-26(37-38)29(40)34-20(3)25-10-9-23-8-7-22(18-27(23)36-25)11-14-33(32(43)44-28)15-12-24(39)13-16-33/h7-11,14,18-21,24,26,28,37,39H,5-6,12-13,15-17H2,1-4H3,(H,34,40)(H,35,41)/t20-,21+,24?,26+,28-,33?/m1/s1. The highest BCUT2D eigenvalue weighted by Crippen LogP contribution is 2.40. The van der Waals surface area contributed by atoms with Gasteiger partial charge in [-0.25, -0.2) is 5.43 Å². The molecule has 1 aromatic heterocycles. The topological polar surface area (TPSA) is 150 Å². The predicted octanol–water partition coefficient (Wildman–Crippen LogP) is 2.93. The van der Waals surface area contributed by atoms with E-state index in [1.807, 2.05) is 49.4 Å². The number of aliphatic hydroxyl groups is 1. The minimum atomic E-state index is -1.12. The van der Waals surface area contributed by atoms with Crippen molar-refractivity contribution in [2.75, 3.05) is 6.54 Å². The second-order valence-corrected chi connectivity index (χ2v) is 12.8. The van der Waals surface area contributed by atoms with Gasteiger partial charge in [0, 0.05) is 11.9 Å². The molecule has 4 atom stereocenters. The molecule has 5 rings (SSSR count). The molecule has 11 heteroatoms. The molecule has 2 fully saturated rings. The molecule has 3 heterocycles. The smallest absolute Gasteiger partial charge is 0.316 e. The first-order valence-electron chi connectivity index (χ1n) is 15.6. The maximum atomic E-state index is 13.9. The largest absolute Gasteiger partial charge is 0.451 e. The van der Waals surface area contributed by atoms with Crippen molar-refractivity contribution in [3.05, 3.63) is 47.7 Å². The number of hydrogen-bond donors (Lipinski definition) is 4. The van der Waals surface area contributed by atoms with E-state index >= 15 is 0 Å². The maximum Gasteiger partial charge on any atom is 0.316 e. The third-order valence-electron chi connectivity index (χ3n) is 8.98. The van der Waals surface area contributed by atoms with Gasteiger partial charge in [0.05, 0.1) is 28.8 Å². The predicted molar refractivity (Wildman–Crippen MR) is 164 cm³/mol. The highest BCUT2D eigenvalue weighted by molar-refractivity contribution is 5.92. The van der Waals surface area contributed by atoms with Crippen LogP contribution in [0.1, 0.15) is 83.5 Å². The van der Waals surface area contributed by atoms with Gasteiger partial charge in [-0.2, -0.15) is 0 Å². The van der Waals surface area contributed by atoms with E-state index in [0.717, 1.165) is 16.5 Å². The highest BCUT2D eigenvalue weighted by Gasteiger charge is 2.43. The summed E-state index contributed by atoms with van der Waals surface area (Å²) in [5.74, 6) is -2.09. The van der Waals surface area contributed by atoms with E-state index in [9.17, 15) is 24.3 Å². The molecule has 1 spiro atoms. The lowest BCUT2D eigenvalue weighted by Crippen LogP contribution is -2.61. The number of nitrogens with zero attached hydrogens (tertiary/aromatic N) is 2. The number of ether oxygens (including phenoxy) is 1. The third-order valence-corrected chi connectivity index (χ3v) is 8.98. The quantitative estimate of drug-likeness (QED) is 0.363. The SMILES string of the molecule is CC(C)[C@H]1OC(=O)C2(C=Cc3ccc4ccc(nc4c3)[C@@H](C)NC(=O)[C@@H]3CCCN(N3)C(=O)[C@H](C)NC1=O)CCC(O)CC2. The highest BCUT2D eigenvalue weighted by atomic mass is 16.5. The normalized spacial score (nSPS) is 30.8. The van der Waals surface area contributed by atoms with Crippen molar-refractivity contribution in [2.24, 2.45) is 11.3 Å². The first kappa shape index (κ1) is 31.6. The maximum absolute atomic E-state index is 13.9. The Hall–Kier alpha value is -3.83. The zero-order valence-electron chi connectivity index (χ0n) is 25.8. The average Bonchev–Trinajstić information content (AvgIpc) is 3.01. The lowest BCUT2D eigenvalue weighted by molar-refractivity contribution is -0.168. The number of carbonyl (C=O) groups is 4. The van der Waals surface area contributed by atoms with Gasteiger partial charge in [0.15, 0.2) is 6.10 Å². The van der Waals surface area contributed by atoms with Gasteiger partial charge in [0.25, 0.3) is 11.8 Å². The Morgan fingerprint density at radius 3 is 2.41 bits per heavy atom. The number of benzene rings is 1. The monoisotopic (exact) mass is 605 g/mol. The van der Waals surface area contributed by atoms with Crippen LogP contribution in [-0.2, 0) is 23.9 Å². The molecular formula is C33H43N5O6. The number of aromatic nitrogens is 1. The molecule has 0 unspecified atom stereocenters. The summed E-state index contributed by atoms with van der Waals surface area (Å²) >= 11 is 0. The first-order valence-corrected chi connectivity index (χ1v) is 15.6. The second kappa shape index (κ2) is 13.0. The summed E-state index contributed by atoms with van der Waals surface area (Å²) in [4.78, 5) is 58.7.